The van der Waals surface area contributed by atoms with Crippen molar-refractivity contribution in [2.24, 2.45) is 0 Å². The lowest BCUT2D eigenvalue weighted by atomic mass is 10.3. The molecule has 0 saturated heterocycles. The highest BCUT2D eigenvalue weighted by Gasteiger charge is 2.19. The van der Waals surface area contributed by atoms with Crippen molar-refractivity contribution in [2.75, 3.05) is 10.5 Å². The summed E-state index contributed by atoms with van der Waals surface area (Å²) < 4.78 is 50.0. The fourth-order valence-electron chi connectivity index (χ4n) is 1.72. The molecule has 0 atom stereocenters. The molecule has 21 heavy (non-hydrogen) atoms. The summed E-state index contributed by atoms with van der Waals surface area (Å²) in [5.41, 5.74) is 0.707. The molecule has 1 aromatic carbocycles. The van der Waals surface area contributed by atoms with Crippen LogP contribution in [0.4, 0.5) is 5.69 Å². The molecule has 0 spiro atoms. The number of nitrogens with zero attached hydrogens (tertiary/aromatic N) is 1. The Kier molecular flexibility index (Phi) is 4.06. The highest BCUT2D eigenvalue weighted by Crippen LogP contribution is 2.19. The van der Waals surface area contributed by atoms with Gasteiger partial charge in [0.1, 0.15) is 4.90 Å². The molecule has 0 aliphatic rings. The van der Waals surface area contributed by atoms with Crippen molar-refractivity contribution in [3.05, 3.63) is 36.2 Å². The van der Waals surface area contributed by atoms with Crippen LogP contribution in [0.1, 0.15) is 12.6 Å². The van der Waals surface area contributed by atoms with Crippen LogP contribution in [0.3, 0.4) is 0 Å². The van der Waals surface area contributed by atoms with Crippen LogP contribution in [0.25, 0.3) is 0 Å². The lowest BCUT2D eigenvalue weighted by Gasteiger charge is -2.08. The molecule has 2 aromatic rings. The fourth-order valence-corrected chi connectivity index (χ4v) is 3.80. The highest BCUT2D eigenvalue weighted by molar-refractivity contribution is 7.92. The maximum absolute atomic E-state index is 12.1. The number of rotatable bonds is 5. The average Bonchev–Trinajstić information content (AvgIpc) is 2.86. The van der Waals surface area contributed by atoms with Crippen molar-refractivity contribution in [1.82, 2.24) is 10.2 Å². The summed E-state index contributed by atoms with van der Waals surface area (Å²) in [4.78, 5) is 0.209. The van der Waals surface area contributed by atoms with E-state index in [1.165, 1.54) is 30.5 Å². The Balaban J connectivity index is 2.28. The summed E-state index contributed by atoms with van der Waals surface area (Å²) in [7, 11) is -7.05. The van der Waals surface area contributed by atoms with Gasteiger partial charge in [-0.3, -0.25) is 9.82 Å². The molecule has 0 saturated carbocycles. The Morgan fingerprint density at radius 2 is 1.76 bits per heavy atom. The maximum Gasteiger partial charge on any atom is 0.265 e. The summed E-state index contributed by atoms with van der Waals surface area (Å²) in [6, 6.07) is 5.57. The first-order chi connectivity index (χ1) is 9.76. The van der Waals surface area contributed by atoms with E-state index in [-0.39, 0.29) is 21.2 Å². The van der Waals surface area contributed by atoms with E-state index in [2.05, 4.69) is 14.9 Å². The molecule has 0 radical (unpaired) electrons. The molecule has 7 nitrogen and oxygen atoms in total. The fraction of sp³-hybridized carbons (Fsp3) is 0.250. The summed E-state index contributed by atoms with van der Waals surface area (Å²) in [6.45, 7) is 3.14. The minimum atomic E-state index is -3.75. The van der Waals surface area contributed by atoms with Crippen molar-refractivity contribution in [3.63, 3.8) is 0 Å². The van der Waals surface area contributed by atoms with E-state index in [1.807, 2.05) is 0 Å². The summed E-state index contributed by atoms with van der Waals surface area (Å²) >= 11 is 0. The number of benzene rings is 1. The van der Waals surface area contributed by atoms with Crippen molar-refractivity contribution in [3.8, 4) is 0 Å². The Morgan fingerprint density at radius 3 is 2.24 bits per heavy atom. The molecule has 0 unspecified atom stereocenters. The molecular formula is C12H15N3O4S2. The normalized spacial score (nSPS) is 12.3. The van der Waals surface area contributed by atoms with Gasteiger partial charge in [0.2, 0.25) is 0 Å². The molecule has 1 aromatic heterocycles. The number of aromatic amines is 1. The first kappa shape index (κ1) is 15.5. The minimum Gasteiger partial charge on any atom is -0.281 e. The van der Waals surface area contributed by atoms with Gasteiger partial charge in [0, 0.05) is 5.69 Å². The second-order valence-electron chi connectivity index (χ2n) is 4.39. The Morgan fingerprint density at radius 1 is 1.14 bits per heavy atom. The number of anilines is 1. The Bertz CT molecular complexity index is 837. The molecule has 9 heteroatoms. The second kappa shape index (κ2) is 5.49. The Labute approximate surface area is 123 Å². The number of H-pyrrole nitrogens is 1. The second-order valence-corrected chi connectivity index (χ2v) is 8.32. The van der Waals surface area contributed by atoms with Gasteiger partial charge >= 0.3 is 0 Å². The number of hydrogen-bond acceptors (Lipinski definition) is 5. The number of sulfonamides is 1. The molecule has 0 aliphatic carbocycles. The van der Waals surface area contributed by atoms with Gasteiger partial charge in [-0.2, -0.15) is 5.10 Å². The quantitative estimate of drug-likeness (QED) is 0.859. The van der Waals surface area contributed by atoms with E-state index in [0.29, 0.717) is 5.69 Å². The van der Waals surface area contributed by atoms with E-state index >= 15 is 0 Å². The van der Waals surface area contributed by atoms with Crippen LogP contribution >= 0.6 is 0 Å². The van der Waals surface area contributed by atoms with E-state index in [9.17, 15) is 16.8 Å². The zero-order chi connectivity index (χ0) is 15.7. The standard InChI is InChI=1S/C12H15N3O4S2/c1-3-20(16,17)11-6-4-10(5-7-11)15-21(18,19)12-8-13-14-9(12)2/h4-8,15H,3H2,1-2H3,(H,13,14). The number of hydrogen-bond donors (Lipinski definition) is 2. The van der Waals surface area contributed by atoms with E-state index in [0.717, 1.165) is 0 Å². The van der Waals surface area contributed by atoms with Gasteiger partial charge in [0.25, 0.3) is 10.0 Å². The van der Waals surface area contributed by atoms with Gasteiger partial charge < -0.3 is 0 Å². The molecule has 2 rings (SSSR count). The van der Waals surface area contributed by atoms with Crippen LogP contribution in [0.5, 0.6) is 0 Å². The summed E-state index contributed by atoms with van der Waals surface area (Å²) in [5, 5.41) is 6.21. The van der Waals surface area contributed by atoms with Gasteiger partial charge in [-0.25, -0.2) is 16.8 Å². The van der Waals surface area contributed by atoms with Gasteiger partial charge in [-0.15, -0.1) is 0 Å². The highest BCUT2D eigenvalue weighted by atomic mass is 32.2. The molecule has 0 amide bonds. The van der Waals surface area contributed by atoms with Gasteiger partial charge in [0.05, 0.1) is 22.5 Å². The smallest absolute Gasteiger partial charge is 0.265 e. The third kappa shape index (κ3) is 3.24. The third-order valence-electron chi connectivity index (χ3n) is 2.92. The van der Waals surface area contributed by atoms with Crippen molar-refractivity contribution >= 4 is 25.5 Å². The van der Waals surface area contributed by atoms with Crippen LogP contribution in [0.2, 0.25) is 0 Å². The van der Waals surface area contributed by atoms with E-state index < -0.39 is 19.9 Å². The number of aromatic nitrogens is 2. The van der Waals surface area contributed by atoms with E-state index in [4.69, 9.17) is 0 Å². The van der Waals surface area contributed by atoms with Gasteiger partial charge in [-0.1, -0.05) is 6.92 Å². The minimum absolute atomic E-state index is 0.00765. The molecule has 0 bridgehead atoms. The molecule has 1 heterocycles. The van der Waals surface area contributed by atoms with Crippen molar-refractivity contribution in [1.29, 1.82) is 0 Å². The van der Waals surface area contributed by atoms with Crippen LogP contribution in [-0.4, -0.2) is 32.8 Å². The SMILES string of the molecule is CCS(=O)(=O)c1ccc(NS(=O)(=O)c2cn[nH]c2C)cc1. The zero-order valence-electron chi connectivity index (χ0n) is 11.5. The van der Waals surface area contributed by atoms with E-state index in [1.54, 1.807) is 13.8 Å². The maximum atomic E-state index is 12.1. The van der Waals surface area contributed by atoms with Gasteiger partial charge in [-0.05, 0) is 31.2 Å². The lowest BCUT2D eigenvalue weighted by molar-refractivity contribution is 0.597. The van der Waals surface area contributed by atoms with Crippen LogP contribution in [-0.2, 0) is 19.9 Å². The molecule has 0 aliphatic heterocycles. The number of aryl methyl sites for hydroxylation is 1. The van der Waals surface area contributed by atoms with Gasteiger partial charge in [0.15, 0.2) is 9.84 Å². The molecule has 114 valence electrons. The number of sulfone groups is 1. The predicted octanol–water partition coefficient (Wildman–Crippen LogP) is 1.31. The van der Waals surface area contributed by atoms with Crippen molar-refractivity contribution in [2.45, 2.75) is 23.6 Å². The van der Waals surface area contributed by atoms with Crippen molar-refractivity contribution < 1.29 is 16.8 Å². The first-order valence-electron chi connectivity index (χ1n) is 6.12. The predicted molar refractivity (Wildman–Crippen MR) is 78.3 cm³/mol. The average molecular weight is 329 g/mol. The Hall–Kier alpha value is -1.87. The zero-order valence-corrected chi connectivity index (χ0v) is 13.1. The molecular weight excluding hydrogens is 314 g/mol. The summed E-state index contributed by atoms with van der Waals surface area (Å²) in [6.07, 6.45) is 1.22. The topological polar surface area (TPSA) is 109 Å². The lowest BCUT2D eigenvalue weighted by Crippen LogP contribution is -2.13. The van der Waals surface area contributed by atoms with Crippen LogP contribution < -0.4 is 4.72 Å². The summed E-state index contributed by atoms with van der Waals surface area (Å²) in [5.74, 6) is -0.00765. The van der Waals surface area contributed by atoms with Crippen LogP contribution in [0.15, 0.2) is 40.3 Å². The molecule has 0 fully saturated rings. The number of nitrogens with one attached hydrogen (secondary N) is 2. The molecule has 2 N–H and O–H groups in total. The van der Waals surface area contributed by atoms with Crippen LogP contribution in [0, 0.1) is 6.92 Å². The largest absolute Gasteiger partial charge is 0.281 e. The monoisotopic (exact) mass is 329 g/mol. The third-order valence-corrected chi connectivity index (χ3v) is 6.16. The first-order valence-corrected chi connectivity index (χ1v) is 9.25.